The number of para-hydroxylation sites is 1. The van der Waals surface area contributed by atoms with Gasteiger partial charge in [-0.1, -0.05) is 12.1 Å². The molecule has 3 aromatic rings. The van der Waals surface area contributed by atoms with Crippen molar-refractivity contribution in [2.24, 2.45) is 0 Å². The second-order valence-corrected chi connectivity index (χ2v) is 8.28. The summed E-state index contributed by atoms with van der Waals surface area (Å²) in [6.45, 7) is 4.58. The van der Waals surface area contributed by atoms with Gasteiger partial charge in [-0.15, -0.1) is 0 Å². The first-order valence-electron chi connectivity index (χ1n) is 10.9. The van der Waals surface area contributed by atoms with Crippen LogP contribution in [0, 0.1) is 6.92 Å². The summed E-state index contributed by atoms with van der Waals surface area (Å²) in [6.07, 6.45) is 1.51. The van der Waals surface area contributed by atoms with Crippen molar-refractivity contribution in [3.63, 3.8) is 0 Å². The quantitative estimate of drug-likeness (QED) is 0.541. The Morgan fingerprint density at radius 3 is 2.38 bits per heavy atom. The fraction of sp³-hybridized carbons (Fsp3) is 0.240. The van der Waals surface area contributed by atoms with Crippen LogP contribution in [-0.4, -0.2) is 55.1 Å². The number of thiocarbonyl (C=S) groups is 1. The lowest BCUT2D eigenvalue weighted by atomic mass is 10.1. The molecule has 2 N–H and O–H groups in total. The van der Waals surface area contributed by atoms with Crippen LogP contribution >= 0.6 is 12.2 Å². The van der Waals surface area contributed by atoms with E-state index in [2.05, 4.69) is 15.5 Å². The summed E-state index contributed by atoms with van der Waals surface area (Å²) in [5.41, 5.74) is 3.11. The molecule has 2 amide bonds. The van der Waals surface area contributed by atoms with E-state index >= 15 is 0 Å². The maximum Gasteiger partial charge on any atom is 0.289 e. The van der Waals surface area contributed by atoms with E-state index in [9.17, 15) is 9.59 Å². The zero-order chi connectivity index (χ0) is 24.1. The lowest BCUT2D eigenvalue weighted by Crippen LogP contribution is -2.48. The molecule has 1 saturated heterocycles. The molecule has 1 aromatic heterocycles. The molecule has 1 aliphatic heterocycles. The summed E-state index contributed by atoms with van der Waals surface area (Å²) in [4.78, 5) is 29.1. The van der Waals surface area contributed by atoms with Gasteiger partial charge in [-0.2, -0.15) is 0 Å². The molecule has 0 spiro atoms. The first kappa shape index (κ1) is 23.3. The Balaban J connectivity index is 1.30. The van der Waals surface area contributed by atoms with Crippen molar-refractivity contribution in [1.29, 1.82) is 0 Å². The maximum absolute atomic E-state index is 12.6. The van der Waals surface area contributed by atoms with Crippen LogP contribution in [0.25, 0.3) is 0 Å². The van der Waals surface area contributed by atoms with Gasteiger partial charge in [-0.05, 0) is 67.2 Å². The topological polar surface area (TPSA) is 87.0 Å². The number of carbonyl (C=O) groups is 2. The number of rotatable bonds is 5. The Morgan fingerprint density at radius 1 is 1.00 bits per heavy atom. The number of amides is 2. The van der Waals surface area contributed by atoms with Crippen molar-refractivity contribution >= 4 is 40.5 Å². The number of nitrogens with one attached hydrogen (secondary N) is 2. The highest BCUT2D eigenvalue weighted by atomic mass is 32.1. The first-order chi connectivity index (χ1) is 16.5. The minimum Gasteiger partial charge on any atom is -0.496 e. The molecule has 9 heteroatoms. The predicted molar refractivity (Wildman–Crippen MR) is 135 cm³/mol. The van der Waals surface area contributed by atoms with E-state index in [0.29, 0.717) is 30.2 Å². The van der Waals surface area contributed by atoms with E-state index < -0.39 is 0 Å². The molecule has 176 valence electrons. The Hall–Kier alpha value is -3.85. The van der Waals surface area contributed by atoms with Gasteiger partial charge >= 0.3 is 0 Å². The van der Waals surface area contributed by atoms with Gasteiger partial charge in [0.1, 0.15) is 5.75 Å². The Kier molecular flexibility index (Phi) is 7.12. The lowest BCUT2D eigenvalue weighted by Gasteiger charge is -2.35. The fourth-order valence-corrected chi connectivity index (χ4v) is 4.12. The summed E-state index contributed by atoms with van der Waals surface area (Å²) in [5.74, 6) is 0.477. The highest BCUT2D eigenvalue weighted by Crippen LogP contribution is 2.23. The second-order valence-electron chi connectivity index (χ2n) is 7.87. The van der Waals surface area contributed by atoms with Crippen LogP contribution in [0.4, 0.5) is 11.4 Å². The molecule has 0 atom stereocenters. The van der Waals surface area contributed by atoms with Gasteiger partial charge in [0.25, 0.3) is 11.8 Å². The number of methoxy groups -OCH3 is 1. The molecule has 34 heavy (non-hydrogen) atoms. The average molecular weight is 479 g/mol. The summed E-state index contributed by atoms with van der Waals surface area (Å²) in [7, 11) is 1.54. The molecule has 0 saturated carbocycles. The second kappa shape index (κ2) is 10.4. The van der Waals surface area contributed by atoms with Gasteiger partial charge < -0.3 is 24.3 Å². The molecule has 8 nitrogen and oxygen atoms in total. The van der Waals surface area contributed by atoms with Gasteiger partial charge in [0, 0.05) is 37.6 Å². The van der Waals surface area contributed by atoms with E-state index in [4.69, 9.17) is 21.4 Å². The highest BCUT2D eigenvalue weighted by molar-refractivity contribution is 7.80. The van der Waals surface area contributed by atoms with E-state index in [-0.39, 0.29) is 16.9 Å². The smallest absolute Gasteiger partial charge is 0.289 e. The number of aryl methyl sites for hydroxylation is 1. The van der Waals surface area contributed by atoms with Crippen LogP contribution in [0.3, 0.4) is 0 Å². The predicted octanol–water partition coefficient (Wildman–Crippen LogP) is 3.69. The van der Waals surface area contributed by atoms with E-state index in [1.54, 1.807) is 29.2 Å². The third-order valence-electron chi connectivity index (χ3n) is 5.68. The van der Waals surface area contributed by atoms with E-state index in [0.717, 1.165) is 30.0 Å². The van der Waals surface area contributed by atoms with Crippen LogP contribution in [0.5, 0.6) is 5.75 Å². The van der Waals surface area contributed by atoms with Crippen LogP contribution in [-0.2, 0) is 0 Å². The van der Waals surface area contributed by atoms with Crippen molar-refractivity contribution in [1.82, 2.24) is 10.2 Å². The molecule has 0 bridgehead atoms. The lowest BCUT2D eigenvalue weighted by molar-refractivity contribution is 0.0714. The number of carbonyl (C=O) groups excluding carboxylic acids is 2. The first-order valence-corrected chi connectivity index (χ1v) is 11.3. The molecule has 0 aliphatic carbocycles. The standard InChI is InChI=1S/C25H26N4O4S/c1-17-5-3-6-20(22(17)32-2)23(30)27-25(34)26-18-8-10-19(11-9-18)28-12-14-29(15-13-28)24(31)21-7-4-16-33-21/h3-11,16H,12-15H2,1-2H3,(H2,26,27,30,34). The van der Waals surface area contributed by atoms with Crippen LogP contribution in [0.2, 0.25) is 0 Å². The number of anilines is 2. The number of nitrogens with zero attached hydrogens (tertiary/aromatic N) is 2. The Labute approximate surface area is 203 Å². The Morgan fingerprint density at radius 2 is 1.74 bits per heavy atom. The molecule has 2 aromatic carbocycles. The molecular formula is C25H26N4O4S. The normalized spacial score (nSPS) is 13.4. The minimum atomic E-state index is -0.336. The SMILES string of the molecule is COc1c(C)cccc1C(=O)NC(=S)Nc1ccc(N2CCN(C(=O)c3ccco3)CC2)cc1. The average Bonchev–Trinajstić information content (AvgIpc) is 3.39. The fourth-order valence-electron chi connectivity index (χ4n) is 3.91. The summed E-state index contributed by atoms with van der Waals surface area (Å²) >= 11 is 5.31. The highest BCUT2D eigenvalue weighted by Gasteiger charge is 2.24. The van der Waals surface area contributed by atoms with Crippen LogP contribution < -0.4 is 20.3 Å². The van der Waals surface area contributed by atoms with Crippen molar-refractivity contribution in [2.45, 2.75) is 6.92 Å². The van der Waals surface area contributed by atoms with Crippen LogP contribution in [0.15, 0.2) is 65.3 Å². The monoisotopic (exact) mass is 478 g/mol. The van der Waals surface area contributed by atoms with E-state index in [1.807, 2.05) is 37.3 Å². The number of ether oxygens (including phenoxy) is 1. The molecule has 0 radical (unpaired) electrons. The number of piperazine rings is 1. The molecule has 4 rings (SSSR count). The molecule has 1 aliphatic rings. The van der Waals surface area contributed by atoms with Crippen molar-refractivity contribution in [3.8, 4) is 5.75 Å². The van der Waals surface area contributed by atoms with Gasteiger partial charge in [0.2, 0.25) is 0 Å². The molecule has 1 fully saturated rings. The van der Waals surface area contributed by atoms with Crippen molar-refractivity contribution in [3.05, 3.63) is 77.7 Å². The third kappa shape index (κ3) is 5.20. The summed E-state index contributed by atoms with van der Waals surface area (Å²) in [5, 5.41) is 5.94. The van der Waals surface area contributed by atoms with Crippen LogP contribution in [0.1, 0.15) is 26.5 Å². The van der Waals surface area contributed by atoms with Gasteiger partial charge in [0.05, 0.1) is 18.9 Å². The summed E-state index contributed by atoms with van der Waals surface area (Å²) < 4.78 is 10.6. The molecular weight excluding hydrogens is 452 g/mol. The molecule has 0 unspecified atom stereocenters. The summed E-state index contributed by atoms with van der Waals surface area (Å²) in [6, 6.07) is 16.6. The van der Waals surface area contributed by atoms with Crippen molar-refractivity contribution in [2.75, 3.05) is 43.5 Å². The zero-order valence-electron chi connectivity index (χ0n) is 19.0. The maximum atomic E-state index is 12.6. The zero-order valence-corrected chi connectivity index (χ0v) is 19.9. The van der Waals surface area contributed by atoms with Gasteiger partial charge in [0.15, 0.2) is 10.9 Å². The number of benzene rings is 2. The van der Waals surface area contributed by atoms with E-state index in [1.165, 1.54) is 13.4 Å². The Bertz CT molecular complexity index is 1170. The van der Waals surface area contributed by atoms with Crippen molar-refractivity contribution < 1.29 is 18.7 Å². The minimum absolute atomic E-state index is 0.0805. The third-order valence-corrected chi connectivity index (χ3v) is 5.88. The number of hydrogen-bond donors (Lipinski definition) is 2. The van der Waals surface area contributed by atoms with Gasteiger partial charge in [-0.3, -0.25) is 14.9 Å². The number of furan rings is 1. The van der Waals surface area contributed by atoms with Gasteiger partial charge in [-0.25, -0.2) is 0 Å². The number of hydrogen-bond acceptors (Lipinski definition) is 6. The molecule has 2 heterocycles. The largest absolute Gasteiger partial charge is 0.496 e.